The maximum Gasteiger partial charge on any atom is 0.217 e. The van der Waals surface area contributed by atoms with Crippen molar-refractivity contribution >= 4 is 5.91 Å². The van der Waals surface area contributed by atoms with E-state index in [1.807, 2.05) is 67.6 Å². The van der Waals surface area contributed by atoms with E-state index in [4.69, 9.17) is 14.0 Å². The molecule has 1 saturated carbocycles. The van der Waals surface area contributed by atoms with Gasteiger partial charge in [-0.2, -0.15) is 0 Å². The summed E-state index contributed by atoms with van der Waals surface area (Å²) in [7, 11) is 0. The van der Waals surface area contributed by atoms with Crippen molar-refractivity contribution in [3.63, 3.8) is 0 Å². The summed E-state index contributed by atoms with van der Waals surface area (Å²) in [6, 6.07) is 19.6. The first-order valence-corrected chi connectivity index (χ1v) is 10.2. The molecule has 0 radical (unpaired) electrons. The normalized spacial score (nSPS) is 18.9. The molecule has 1 aromatic heterocycles. The fraction of sp³-hybridized carbons (Fsp3) is 0.333. The molecule has 0 spiro atoms. The van der Waals surface area contributed by atoms with Gasteiger partial charge in [0, 0.05) is 18.9 Å². The Labute approximate surface area is 176 Å². The molecule has 0 saturated heterocycles. The number of benzene rings is 2. The van der Waals surface area contributed by atoms with Crippen LogP contribution in [0.5, 0.6) is 11.5 Å². The van der Waals surface area contributed by atoms with Crippen LogP contribution in [-0.4, -0.2) is 17.2 Å². The highest BCUT2D eigenvalue weighted by Crippen LogP contribution is 2.39. The quantitative estimate of drug-likeness (QED) is 0.583. The molecule has 6 nitrogen and oxygen atoms in total. The Bertz CT molecular complexity index is 962. The lowest BCUT2D eigenvalue weighted by Gasteiger charge is -2.34. The zero-order chi connectivity index (χ0) is 20.9. The topological polar surface area (TPSA) is 73.6 Å². The van der Waals surface area contributed by atoms with Gasteiger partial charge < -0.3 is 19.3 Å². The van der Waals surface area contributed by atoms with Gasteiger partial charge in [-0.05, 0) is 49.6 Å². The molecule has 0 unspecified atom stereocenters. The lowest BCUT2D eigenvalue weighted by molar-refractivity contribution is -0.119. The van der Waals surface area contributed by atoms with E-state index in [0.717, 1.165) is 35.6 Å². The van der Waals surface area contributed by atoms with Crippen molar-refractivity contribution in [1.82, 2.24) is 10.5 Å². The largest absolute Gasteiger partial charge is 0.490 e. The number of hydrogen-bond donors (Lipinski definition) is 1. The van der Waals surface area contributed by atoms with Gasteiger partial charge in [0.15, 0.2) is 5.76 Å². The Morgan fingerprint density at radius 1 is 1.13 bits per heavy atom. The molecule has 1 amide bonds. The number of hydrogen-bond acceptors (Lipinski definition) is 5. The zero-order valence-corrected chi connectivity index (χ0v) is 17.2. The van der Waals surface area contributed by atoms with Crippen molar-refractivity contribution in [2.45, 2.75) is 51.4 Å². The van der Waals surface area contributed by atoms with Gasteiger partial charge >= 0.3 is 0 Å². The smallest absolute Gasteiger partial charge is 0.217 e. The molecule has 1 fully saturated rings. The van der Waals surface area contributed by atoms with Crippen LogP contribution >= 0.6 is 0 Å². The average Bonchev–Trinajstić information content (AvgIpc) is 3.20. The minimum Gasteiger partial charge on any atom is -0.490 e. The molecule has 0 bridgehead atoms. The predicted octanol–water partition coefficient (Wildman–Crippen LogP) is 4.78. The molecule has 3 aromatic rings. The number of amides is 1. The molecule has 2 aromatic carbocycles. The number of carbonyl (C=O) groups is 1. The van der Waals surface area contributed by atoms with Crippen LogP contribution in [-0.2, 0) is 11.4 Å². The van der Waals surface area contributed by atoms with Gasteiger partial charge in [0.1, 0.15) is 18.1 Å². The molecule has 1 atom stereocenters. The zero-order valence-electron chi connectivity index (χ0n) is 17.2. The summed E-state index contributed by atoms with van der Waals surface area (Å²) in [4.78, 5) is 11.2. The van der Waals surface area contributed by atoms with E-state index in [2.05, 4.69) is 10.5 Å². The maximum absolute atomic E-state index is 11.2. The summed E-state index contributed by atoms with van der Waals surface area (Å²) in [5.41, 5.74) is 2.06. The van der Waals surface area contributed by atoms with Crippen LogP contribution < -0.4 is 14.8 Å². The molecule has 1 aliphatic carbocycles. The van der Waals surface area contributed by atoms with Crippen LogP contribution in [0.3, 0.4) is 0 Å². The second kappa shape index (κ2) is 9.03. The highest BCUT2D eigenvalue weighted by atomic mass is 16.5. The number of aromatic nitrogens is 1. The summed E-state index contributed by atoms with van der Waals surface area (Å²) in [6.07, 6.45) is 1.96. The number of carbonyl (C=O) groups excluding carboxylic acids is 1. The molecular formula is C24H26N2O4. The third-order valence-corrected chi connectivity index (χ3v) is 5.28. The van der Waals surface area contributed by atoms with Crippen molar-refractivity contribution in [2.24, 2.45) is 0 Å². The van der Waals surface area contributed by atoms with E-state index in [0.29, 0.717) is 18.3 Å². The summed E-state index contributed by atoms with van der Waals surface area (Å²) in [5.74, 6) is 2.57. The van der Waals surface area contributed by atoms with E-state index < -0.39 is 0 Å². The number of ether oxygens (including phenoxy) is 2. The maximum atomic E-state index is 11.2. The average molecular weight is 406 g/mol. The highest BCUT2D eigenvalue weighted by Gasteiger charge is 2.34. The fourth-order valence-corrected chi connectivity index (χ4v) is 3.53. The van der Waals surface area contributed by atoms with Gasteiger partial charge in [0.2, 0.25) is 5.91 Å². The van der Waals surface area contributed by atoms with Crippen molar-refractivity contribution < 1.29 is 18.8 Å². The lowest BCUT2D eigenvalue weighted by atomic mass is 9.80. The summed E-state index contributed by atoms with van der Waals surface area (Å²) < 4.78 is 17.3. The summed E-state index contributed by atoms with van der Waals surface area (Å²) in [5, 5.41) is 6.97. The molecule has 4 rings (SSSR count). The first kappa shape index (κ1) is 20.0. The Morgan fingerprint density at radius 3 is 2.53 bits per heavy atom. The molecule has 0 aliphatic heterocycles. The third-order valence-electron chi connectivity index (χ3n) is 5.28. The molecule has 156 valence electrons. The van der Waals surface area contributed by atoms with Crippen molar-refractivity contribution in [1.29, 1.82) is 0 Å². The van der Waals surface area contributed by atoms with E-state index in [1.165, 1.54) is 6.92 Å². The minimum atomic E-state index is -0.182. The standard InChI is InChI=1S/C24H26N2O4/c1-16(25-17(2)27)24-14-23(26-30-24)19-12-22(13-19)29-21-10-8-20(9-11-21)28-15-18-6-4-3-5-7-18/h3-11,14,16,19,22H,12-13,15H2,1-2H3,(H,25,27)/t16-,19?,22?/m0/s1. The first-order chi connectivity index (χ1) is 14.6. The van der Waals surface area contributed by atoms with Gasteiger partial charge in [-0.3, -0.25) is 4.79 Å². The third kappa shape index (κ3) is 5.00. The van der Waals surface area contributed by atoms with Crippen LogP contribution in [0.15, 0.2) is 65.2 Å². The highest BCUT2D eigenvalue weighted by molar-refractivity contribution is 5.73. The van der Waals surface area contributed by atoms with Crippen LogP contribution in [0.4, 0.5) is 0 Å². The van der Waals surface area contributed by atoms with Gasteiger partial charge in [-0.25, -0.2) is 0 Å². The van der Waals surface area contributed by atoms with Crippen LogP contribution in [0.1, 0.15) is 55.7 Å². The summed E-state index contributed by atoms with van der Waals surface area (Å²) >= 11 is 0. The Hall–Kier alpha value is -3.28. The fourth-order valence-electron chi connectivity index (χ4n) is 3.53. The van der Waals surface area contributed by atoms with Gasteiger partial charge in [-0.1, -0.05) is 35.5 Å². The molecule has 6 heteroatoms. The van der Waals surface area contributed by atoms with E-state index in [-0.39, 0.29) is 18.1 Å². The lowest BCUT2D eigenvalue weighted by Crippen LogP contribution is -2.32. The van der Waals surface area contributed by atoms with Crippen LogP contribution in [0, 0.1) is 0 Å². The van der Waals surface area contributed by atoms with Crippen molar-refractivity contribution in [3.8, 4) is 11.5 Å². The van der Waals surface area contributed by atoms with Gasteiger partial charge in [0.25, 0.3) is 0 Å². The number of nitrogens with one attached hydrogen (secondary N) is 1. The predicted molar refractivity (Wildman–Crippen MR) is 112 cm³/mol. The molecule has 1 N–H and O–H groups in total. The van der Waals surface area contributed by atoms with E-state index in [1.54, 1.807) is 0 Å². The molecular weight excluding hydrogens is 380 g/mol. The van der Waals surface area contributed by atoms with Crippen LogP contribution in [0.2, 0.25) is 0 Å². The number of nitrogens with zero attached hydrogens (tertiary/aromatic N) is 1. The van der Waals surface area contributed by atoms with Gasteiger partial charge in [0.05, 0.1) is 17.8 Å². The Morgan fingerprint density at radius 2 is 1.83 bits per heavy atom. The van der Waals surface area contributed by atoms with E-state index >= 15 is 0 Å². The SMILES string of the molecule is CC(=O)N[C@@H](C)c1cc(C2CC(Oc3ccc(OCc4ccccc4)cc3)C2)no1. The Balaban J connectivity index is 1.23. The van der Waals surface area contributed by atoms with Crippen molar-refractivity contribution in [2.75, 3.05) is 0 Å². The number of rotatable bonds is 8. The van der Waals surface area contributed by atoms with Gasteiger partial charge in [-0.15, -0.1) is 0 Å². The van der Waals surface area contributed by atoms with E-state index in [9.17, 15) is 4.79 Å². The Kier molecular flexibility index (Phi) is 6.02. The molecule has 30 heavy (non-hydrogen) atoms. The second-order valence-corrected chi connectivity index (χ2v) is 7.73. The summed E-state index contributed by atoms with van der Waals surface area (Å²) in [6.45, 7) is 3.92. The first-order valence-electron chi connectivity index (χ1n) is 10.2. The van der Waals surface area contributed by atoms with Crippen LogP contribution in [0.25, 0.3) is 0 Å². The molecule has 1 aliphatic rings. The second-order valence-electron chi connectivity index (χ2n) is 7.73. The van der Waals surface area contributed by atoms with Crippen molar-refractivity contribution in [3.05, 3.63) is 77.7 Å². The monoisotopic (exact) mass is 406 g/mol. The minimum absolute atomic E-state index is 0.0888. The molecule has 1 heterocycles.